The summed E-state index contributed by atoms with van der Waals surface area (Å²) in [6.07, 6.45) is 5.12. The predicted molar refractivity (Wildman–Crippen MR) is 139 cm³/mol. The van der Waals surface area contributed by atoms with Gasteiger partial charge in [-0.2, -0.15) is 13.2 Å². The molecule has 0 aliphatic rings. The van der Waals surface area contributed by atoms with Gasteiger partial charge in [-0.1, -0.05) is 68.2 Å². The number of rotatable bonds is 7. The molecule has 0 saturated heterocycles. The monoisotopic (exact) mass is 523 g/mol. The zero-order chi connectivity index (χ0) is 27.3. The molecule has 0 atom stereocenters. The van der Waals surface area contributed by atoms with Crippen molar-refractivity contribution < 1.29 is 26.3 Å². The van der Waals surface area contributed by atoms with E-state index in [1.54, 1.807) is 18.3 Å². The van der Waals surface area contributed by atoms with Crippen LogP contribution in [-0.4, -0.2) is 11.2 Å². The van der Waals surface area contributed by atoms with Crippen LogP contribution in [-0.2, 0) is 6.42 Å². The van der Waals surface area contributed by atoms with Crippen LogP contribution in [0, 0.1) is 29.3 Å². The summed E-state index contributed by atoms with van der Waals surface area (Å²) in [5.74, 6) is -1.63. The van der Waals surface area contributed by atoms with E-state index in [4.69, 9.17) is 0 Å². The summed E-state index contributed by atoms with van der Waals surface area (Å²) in [5.41, 5.74) is 2.62. The highest BCUT2D eigenvalue weighted by Crippen LogP contribution is 2.31. The van der Waals surface area contributed by atoms with Crippen LogP contribution < -0.4 is 0 Å². The van der Waals surface area contributed by atoms with Crippen LogP contribution in [0.25, 0.3) is 34.2 Å². The first-order chi connectivity index (χ1) is 18.1. The third kappa shape index (κ3) is 6.63. The lowest BCUT2D eigenvalue weighted by Gasteiger charge is -2.09. The number of benzene rings is 3. The zero-order valence-electron chi connectivity index (χ0n) is 20.5. The largest absolute Gasteiger partial charge is 0.458 e. The number of aryl methyl sites for hydroxylation is 1. The van der Waals surface area contributed by atoms with Gasteiger partial charge >= 0.3 is 6.18 Å². The highest BCUT2D eigenvalue weighted by molar-refractivity contribution is 5.89. The lowest BCUT2D eigenvalue weighted by Crippen LogP contribution is -2.03. The first-order valence-corrected chi connectivity index (χ1v) is 12.1. The highest BCUT2D eigenvalue weighted by Gasteiger charge is 2.24. The summed E-state index contributed by atoms with van der Waals surface area (Å²) in [6.45, 7) is 2.18. The maximum absolute atomic E-state index is 14.8. The molecule has 1 aromatic heterocycles. The Labute approximate surface area is 216 Å². The van der Waals surface area contributed by atoms with Gasteiger partial charge in [0.05, 0.1) is 16.6 Å². The average molecular weight is 524 g/mol. The van der Waals surface area contributed by atoms with Crippen molar-refractivity contribution in [3.05, 3.63) is 100 Å². The maximum Gasteiger partial charge on any atom is 0.458 e. The van der Waals surface area contributed by atoms with Gasteiger partial charge in [0.1, 0.15) is 11.6 Å². The van der Waals surface area contributed by atoms with Crippen molar-refractivity contribution >= 4 is 22.9 Å². The van der Waals surface area contributed by atoms with E-state index in [1.807, 2.05) is 12.2 Å². The van der Waals surface area contributed by atoms with Gasteiger partial charge in [-0.3, -0.25) is 4.98 Å². The normalized spacial score (nSPS) is 11.7. The van der Waals surface area contributed by atoms with Gasteiger partial charge in [0.25, 0.3) is 0 Å². The summed E-state index contributed by atoms with van der Waals surface area (Å²) in [7, 11) is 0. The average Bonchev–Trinajstić information content (AvgIpc) is 2.87. The minimum atomic E-state index is -4.94. The van der Waals surface area contributed by atoms with Gasteiger partial charge in [-0.25, -0.2) is 13.2 Å². The van der Waals surface area contributed by atoms with Crippen molar-refractivity contribution in [1.82, 2.24) is 4.98 Å². The number of fused-ring (bicyclic) bond motifs is 1. The number of aromatic nitrogens is 1. The Morgan fingerprint density at radius 1 is 0.842 bits per heavy atom. The summed E-state index contributed by atoms with van der Waals surface area (Å²) in [5, 5.41) is -0.797. The van der Waals surface area contributed by atoms with Gasteiger partial charge < -0.3 is 0 Å². The van der Waals surface area contributed by atoms with Crippen molar-refractivity contribution in [2.45, 2.75) is 38.8 Å². The fraction of sp³-hybridized carbons (Fsp3) is 0.194. The molecule has 38 heavy (non-hydrogen) atoms. The fourth-order valence-electron chi connectivity index (χ4n) is 4.05. The van der Waals surface area contributed by atoms with Crippen molar-refractivity contribution in [2.75, 3.05) is 0 Å². The Hall–Kier alpha value is -4.05. The first-order valence-electron chi connectivity index (χ1n) is 12.1. The molecule has 0 amide bonds. The molecular weight excluding hydrogens is 500 g/mol. The Morgan fingerprint density at radius 2 is 1.55 bits per heavy atom. The molecule has 3 aromatic carbocycles. The topological polar surface area (TPSA) is 12.9 Å². The van der Waals surface area contributed by atoms with Crippen LogP contribution in [0.2, 0.25) is 0 Å². The van der Waals surface area contributed by atoms with Crippen molar-refractivity contribution in [2.24, 2.45) is 0 Å². The molecule has 0 bridgehead atoms. The van der Waals surface area contributed by atoms with E-state index in [-0.39, 0.29) is 10.9 Å². The summed E-state index contributed by atoms with van der Waals surface area (Å²) >= 11 is 0. The Kier molecular flexibility index (Phi) is 8.21. The molecule has 1 heterocycles. The Morgan fingerprint density at radius 3 is 2.21 bits per heavy atom. The quantitative estimate of drug-likeness (QED) is 0.134. The Balaban J connectivity index is 1.55. The third-order valence-electron chi connectivity index (χ3n) is 6.01. The molecule has 4 aromatic rings. The van der Waals surface area contributed by atoms with Crippen LogP contribution in [0.4, 0.5) is 26.3 Å². The van der Waals surface area contributed by atoms with Gasteiger partial charge in [0, 0.05) is 17.7 Å². The summed E-state index contributed by atoms with van der Waals surface area (Å²) < 4.78 is 80.9. The number of nitrogens with zero attached hydrogens (tertiary/aromatic N) is 1. The molecule has 0 fully saturated rings. The molecule has 0 aliphatic heterocycles. The van der Waals surface area contributed by atoms with Crippen LogP contribution in [0.1, 0.15) is 48.4 Å². The number of halogens is 6. The molecule has 0 N–H and O–H groups in total. The molecule has 0 saturated carbocycles. The summed E-state index contributed by atoms with van der Waals surface area (Å²) in [4.78, 5) is 4.33. The van der Waals surface area contributed by atoms with E-state index >= 15 is 0 Å². The minimum absolute atomic E-state index is 0.156. The number of alkyl halides is 3. The van der Waals surface area contributed by atoms with E-state index in [0.29, 0.717) is 5.69 Å². The van der Waals surface area contributed by atoms with Gasteiger partial charge in [-0.05, 0) is 59.2 Å². The second-order valence-electron chi connectivity index (χ2n) is 8.86. The molecule has 1 nitrogen and oxygen atoms in total. The second kappa shape index (κ2) is 11.6. The van der Waals surface area contributed by atoms with Gasteiger partial charge in [0.15, 0.2) is 5.82 Å². The SMILES string of the molecule is CCCCCc1ccc(/C=C/c2ccc(-c3cc(F)c4c(F)c(C#CC(F)(F)F)c(F)cc4c3)nc2)cc1. The number of unbranched alkanes of at least 4 members (excludes halogenated alkanes) is 2. The van der Waals surface area contributed by atoms with E-state index in [9.17, 15) is 26.3 Å². The molecule has 0 unspecified atom stereocenters. The van der Waals surface area contributed by atoms with Crippen molar-refractivity contribution in [3.8, 4) is 23.1 Å². The van der Waals surface area contributed by atoms with Crippen LogP contribution in [0.3, 0.4) is 0 Å². The number of pyridine rings is 1. The summed E-state index contributed by atoms with van der Waals surface area (Å²) in [6, 6.07) is 14.8. The molecular formula is C31H23F6N. The third-order valence-corrected chi connectivity index (χ3v) is 6.01. The lowest BCUT2D eigenvalue weighted by atomic mass is 10.0. The standard InChI is InChI=1S/C31H23F6N/c1-2-3-4-5-20-6-8-21(9-7-20)10-11-22-12-13-28(38-19-22)23-16-24-18-26(32)25(14-15-31(35,36)37)30(34)29(24)27(33)17-23/h6-13,16-19H,2-5H2,1H3/b11-10+. The molecule has 0 radical (unpaired) electrons. The Bertz CT molecular complexity index is 1520. The second-order valence-corrected chi connectivity index (χ2v) is 8.86. The lowest BCUT2D eigenvalue weighted by molar-refractivity contribution is -0.0696. The minimum Gasteiger partial charge on any atom is -0.256 e. The van der Waals surface area contributed by atoms with Crippen LogP contribution in [0.5, 0.6) is 0 Å². The maximum atomic E-state index is 14.8. The molecule has 0 spiro atoms. The van der Waals surface area contributed by atoms with E-state index in [2.05, 4.69) is 36.2 Å². The van der Waals surface area contributed by atoms with Crippen LogP contribution >= 0.6 is 0 Å². The van der Waals surface area contributed by atoms with E-state index in [0.717, 1.165) is 35.6 Å². The highest BCUT2D eigenvalue weighted by atomic mass is 19.4. The predicted octanol–water partition coefficient (Wildman–Crippen LogP) is 9.14. The number of hydrogen-bond acceptors (Lipinski definition) is 1. The van der Waals surface area contributed by atoms with Crippen molar-refractivity contribution in [1.29, 1.82) is 0 Å². The number of hydrogen-bond donors (Lipinski definition) is 0. The smallest absolute Gasteiger partial charge is 0.256 e. The molecule has 194 valence electrons. The molecule has 4 rings (SSSR count). The van der Waals surface area contributed by atoms with Gasteiger partial charge in [0.2, 0.25) is 0 Å². The van der Waals surface area contributed by atoms with Gasteiger partial charge in [-0.15, -0.1) is 0 Å². The zero-order valence-corrected chi connectivity index (χ0v) is 20.5. The van der Waals surface area contributed by atoms with Crippen molar-refractivity contribution in [3.63, 3.8) is 0 Å². The van der Waals surface area contributed by atoms with E-state index < -0.39 is 34.6 Å². The molecule has 0 aliphatic carbocycles. The van der Waals surface area contributed by atoms with E-state index in [1.165, 1.54) is 36.8 Å². The van der Waals surface area contributed by atoms with Crippen LogP contribution in [0.15, 0.2) is 60.8 Å². The fourth-order valence-corrected chi connectivity index (χ4v) is 4.05. The molecule has 7 heteroatoms. The first kappa shape index (κ1) is 27.0.